The second kappa shape index (κ2) is 8.81. The maximum Gasteiger partial charge on any atom is 0.311 e. The summed E-state index contributed by atoms with van der Waals surface area (Å²) >= 11 is 0. The number of rotatable bonds is 7. The van der Waals surface area contributed by atoms with Crippen LogP contribution < -0.4 is 10.1 Å². The van der Waals surface area contributed by atoms with Crippen LogP contribution in [0.15, 0.2) is 85.2 Å². The third-order valence-electron chi connectivity index (χ3n) is 6.13. The van der Waals surface area contributed by atoms with Gasteiger partial charge in [-0.2, -0.15) is 10.4 Å². The fraction of sp³-hybridized carbons (Fsp3) is 0.154. The average Bonchev–Trinajstić information content (AvgIpc) is 3.33. The molecule has 1 aromatic heterocycles. The second-order valence-electron chi connectivity index (χ2n) is 8.15. The summed E-state index contributed by atoms with van der Waals surface area (Å²) in [6.45, 7) is 1.45. The summed E-state index contributed by atoms with van der Waals surface area (Å²) in [6, 6.07) is 24.2. The molecule has 1 saturated heterocycles. The lowest BCUT2D eigenvalue weighted by Gasteiger charge is -2.43. The average molecular weight is 451 g/mol. The van der Waals surface area contributed by atoms with Crippen LogP contribution in [0.4, 0.5) is 5.69 Å². The number of aromatic nitrogens is 2. The van der Waals surface area contributed by atoms with E-state index in [1.165, 1.54) is 6.07 Å². The predicted molar refractivity (Wildman–Crippen MR) is 126 cm³/mol. The molecule has 5 rings (SSSR count). The normalized spacial score (nSPS) is 14.1. The van der Waals surface area contributed by atoms with Crippen LogP contribution in [0, 0.1) is 21.4 Å². The quantitative estimate of drug-likeness (QED) is 0.332. The van der Waals surface area contributed by atoms with Gasteiger partial charge in [-0.15, -0.1) is 0 Å². The van der Waals surface area contributed by atoms with Gasteiger partial charge >= 0.3 is 5.69 Å². The van der Waals surface area contributed by atoms with Gasteiger partial charge in [-0.25, -0.2) is 0 Å². The first-order valence-corrected chi connectivity index (χ1v) is 10.8. The van der Waals surface area contributed by atoms with Crippen molar-refractivity contribution in [2.45, 2.75) is 12.1 Å². The largest absolute Gasteiger partial charge is 0.482 e. The number of nitrogens with one attached hydrogen (secondary N) is 1. The minimum absolute atomic E-state index is 0.101. The molecule has 3 aromatic carbocycles. The fourth-order valence-corrected chi connectivity index (χ4v) is 4.30. The van der Waals surface area contributed by atoms with Crippen LogP contribution >= 0.6 is 0 Å². The molecule has 0 saturated carbocycles. The predicted octanol–water partition coefficient (Wildman–Crippen LogP) is 4.26. The molecule has 0 bridgehead atoms. The summed E-state index contributed by atoms with van der Waals surface area (Å²) < 4.78 is 7.83. The molecular weight excluding hydrogens is 430 g/mol. The van der Waals surface area contributed by atoms with Crippen molar-refractivity contribution in [3.8, 4) is 22.9 Å². The van der Waals surface area contributed by atoms with Crippen LogP contribution in [-0.4, -0.2) is 27.8 Å². The van der Waals surface area contributed by atoms with E-state index in [1.807, 2.05) is 59.4 Å². The van der Waals surface area contributed by atoms with Gasteiger partial charge in [0.2, 0.25) is 5.75 Å². The summed E-state index contributed by atoms with van der Waals surface area (Å²) in [4.78, 5) is 11.3. The molecule has 0 atom stereocenters. The van der Waals surface area contributed by atoms with Crippen molar-refractivity contribution in [3.63, 3.8) is 0 Å². The van der Waals surface area contributed by atoms with Gasteiger partial charge in [0.15, 0.2) is 0 Å². The summed E-state index contributed by atoms with van der Waals surface area (Å²) in [7, 11) is 0. The number of para-hydroxylation sites is 1. The molecule has 0 radical (unpaired) electrons. The van der Waals surface area contributed by atoms with Gasteiger partial charge in [-0.1, -0.05) is 60.7 Å². The van der Waals surface area contributed by atoms with Crippen molar-refractivity contribution in [1.82, 2.24) is 15.1 Å². The van der Waals surface area contributed by atoms with Gasteiger partial charge in [-0.3, -0.25) is 14.8 Å². The van der Waals surface area contributed by atoms with Crippen molar-refractivity contribution in [2.24, 2.45) is 0 Å². The summed E-state index contributed by atoms with van der Waals surface area (Å²) in [6.07, 6.45) is 3.55. The zero-order chi connectivity index (χ0) is 23.5. The minimum Gasteiger partial charge on any atom is -0.482 e. The topological polar surface area (TPSA) is 106 Å². The molecule has 0 aliphatic carbocycles. The lowest BCUT2D eigenvalue weighted by molar-refractivity contribution is -0.385. The van der Waals surface area contributed by atoms with E-state index >= 15 is 0 Å². The number of nitro groups is 1. The van der Waals surface area contributed by atoms with Crippen LogP contribution in [0.5, 0.6) is 5.75 Å². The van der Waals surface area contributed by atoms with Gasteiger partial charge in [0.25, 0.3) is 0 Å². The highest BCUT2D eigenvalue weighted by Crippen LogP contribution is 2.40. The molecule has 8 heteroatoms. The number of benzene rings is 3. The van der Waals surface area contributed by atoms with Crippen LogP contribution in [0.3, 0.4) is 0 Å². The molecule has 1 fully saturated rings. The third kappa shape index (κ3) is 3.68. The molecule has 0 unspecified atom stereocenters. The first-order chi connectivity index (χ1) is 16.6. The third-order valence-corrected chi connectivity index (χ3v) is 6.13. The first-order valence-electron chi connectivity index (χ1n) is 10.8. The van der Waals surface area contributed by atoms with E-state index in [9.17, 15) is 15.4 Å². The highest BCUT2D eigenvalue weighted by Gasteiger charge is 2.43. The Balaban J connectivity index is 1.54. The molecule has 4 aromatic rings. The second-order valence-corrected chi connectivity index (χ2v) is 8.15. The van der Waals surface area contributed by atoms with Crippen LogP contribution in [0.25, 0.3) is 11.1 Å². The van der Waals surface area contributed by atoms with Gasteiger partial charge in [0.1, 0.15) is 12.1 Å². The number of nitro benzene ring substituents is 1. The fourth-order valence-electron chi connectivity index (χ4n) is 4.30. The number of hydrogen-bond donors (Lipinski definition) is 1. The van der Waals surface area contributed by atoms with Crippen LogP contribution in [0.2, 0.25) is 0 Å². The van der Waals surface area contributed by atoms with E-state index in [4.69, 9.17) is 4.74 Å². The van der Waals surface area contributed by atoms with E-state index in [2.05, 4.69) is 16.5 Å². The van der Waals surface area contributed by atoms with Crippen molar-refractivity contribution in [3.05, 3.63) is 112 Å². The highest BCUT2D eigenvalue weighted by molar-refractivity contribution is 5.74. The molecule has 2 heterocycles. The molecular formula is C26H21N5O3. The Morgan fingerprint density at radius 3 is 2.56 bits per heavy atom. The van der Waals surface area contributed by atoms with Crippen molar-refractivity contribution < 1.29 is 9.66 Å². The first kappa shape index (κ1) is 21.4. The highest BCUT2D eigenvalue weighted by atomic mass is 16.6. The lowest BCUT2D eigenvalue weighted by Crippen LogP contribution is -2.61. The van der Waals surface area contributed by atoms with Gasteiger partial charge in [0.05, 0.1) is 22.8 Å². The Bertz CT molecular complexity index is 1390. The molecule has 1 aliphatic rings. The summed E-state index contributed by atoms with van der Waals surface area (Å²) in [5.41, 5.74) is 3.09. The van der Waals surface area contributed by atoms with Gasteiger partial charge in [0, 0.05) is 36.5 Å². The molecule has 0 amide bonds. The Labute approximate surface area is 196 Å². The molecule has 0 spiro atoms. The van der Waals surface area contributed by atoms with Gasteiger partial charge in [-0.05, 0) is 17.2 Å². The van der Waals surface area contributed by atoms with Crippen LogP contribution in [-0.2, 0) is 12.1 Å². The van der Waals surface area contributed by atoms with Crippen LogP contribution in [0.1, 0.15) is 16.7 Å². The Kier molecular flexibility index (Phi) is 5.54. The lowest BCUT2D eigenvalue weighted by atomic mass is 9.81. The molecule has 34 heavy (non-hydrogen) atoms. The van der Waals surface area contributed by atoms with E-state index in [0.29, 0.717) is 29.8 Å². The Morgan fingerprint density at radius 2 is 1.85 bits per heavy atom. The standard InChI is InChI=1S/C26H21N5O3/c27-13-20-9-4-5-11-23(20)26(17-28-18-26)30-15-21(14-29-30)22-10-6-12-24(31(32)33)25(22)34-16-19-7-2-1-3-8-19/h1-12,14-15,28H,16-18H2. The number of hydrogen-bond acceptors (Lipinski definition) is 6. The number of nitriles is 1. The monoisotopic (exact) mass is 451 g/mol. The molecule has 168 valence electrons. The summed E-state index contributed by atoms with van der Waals surface area (Å²) in [5.74, 6) is 0.203. The van der Waals surface area contributed by atoms with E-state index in [-0.39, 0.29) is 18.0 Å². The van der Waals surface area contributed by atoms with E-state index < -0.39 is 10.5 Å². The Hall–Kier alpha value is -4.48. The van der Waals surface area contributed by atoms with E-state index in [1.54, 1.807) is 24.4 Å². The van der Waals surface area contributed by atoms with Crippen molar-refractivity contribution in [1.29, 1.82) is 5.26 Å². The Morgan fingerprint density at radius 1 is 1.09 bits per heavy atom. The number of ether oxygens (including phenoxy) is 1. The maximum absolute atomic E-state index is 11.8. The zero-order valence-electron chi connectivity index (χ0n) is 18.2. The number of nitrogens with zero attached hydrogens (tertiary/aromatic N) is 4. The smallest absolute Gasteiger partial charge is 0.311 e. The molecule has 1 N–H and O–H groups in total. The molecule has 8 nitrogen and oxygen atoms in total. The zero-order valence-corrected chi connectivity index (χ0v) is 18.2. The maximum atomic E-state index is 11.8. The van der Waals surface area contributed by atoms with Crippen molar-refractivity contribution in [2.75, 3.05) is 13.1 Å². The molecule has 1 aliphatic heterocycles. The van der Waals surface area contributed by atoms with Gasteiger partial charge < -0.3 is 10.1 Å². The van der Waals surface area contributed by atoms with E-state index in [0.717, 1.165) is 11.1 Å². The minimum atomic E-state index is -0.504. The SMILES string of the molecule is N#Cc1ccccc1C1(n2cc(-c3cccc([N+](=O)[O-])c3OCc3ccccc3)cn2)CNC1. The van der Waals surface area contributed by atoms with Crippen molar-refractivity contribution >= 4 is 5.69 Å². The summed E-state index contributed by atoms with van der Waals surface area (Å²) in [5, 5.41) is 29.3.